The van der Waals surface area contributed by atoms with E-state index in [-0.39, 0.29) is 0 Å². The van der Waals surface area contributed by atoms with Gasteiger partial charge in [0, 0.05) is 4.47 Å². The third-order valence-electron chi connectivity index (χ3n) is 4.27. The molecule has 0 atom stereocenters. The lowest BCUT2D eigenvalue weighted by atomic mass is 9.77. The average Bonchev–Trinajstić information content (AvgIpc) is 3.11. The van der Waals surface area contributed by atoms with E-state index in [0.717, 1.165) is 35.1 Å². The average molecular weight is 375 g/mol. The highest BCUT2D eigenvalue weighted by Gasteiger charge is 2.39. The Morgan fingerprint density at radius 3 is 2.87 bits per heavy atom. The molecular weight excluding hydrogens is 360 g/mol. The molecule has 23 heavy (non-hydrogen) atoms. The second-order valence-corrected chi connectivity index (χ2v) is 6.76. The Bertz CT molecular complexity index is 866. The van der Waals surface area contributed by atoms with Crippen molar-refractivity contribution >= 4 is 15.9 Å². The van der Waals surface area contributed by atoms with Crippen LogP contribution in [0.25, 0.3) is 17.3 Å². The van der Waals surface area contributed by atoms with Crippen molar-refractivity contribution in [2.75, 3.05) is 0 Å². The van der Waals surface area contributed by atoms with Crippen molar-refractivity contribution in [2.45, 2.75) is 31.7 Å². The third kappa shape index (κ3) is 2.38. The second-order valence-electron chi connectivity index (χ2n) is 5.85. The van der Waals surface area contributed by atoms with Gasteiger partial charge in [-0.25, -0.2) is 4.68 Å². The maximum atomic E-state index is 6.24. The molecule has 2 aromatic heterocycles. The summed E-state index contributed by atoms with van der Waals surface area (Å²) < 4.78 is 8.08. The summed E-state index contributed by atoms with van der Waals surface area (Å²) in [5.41, 5.74) is 8.10. The van der Waals surface area contributed by atoms with Crippen molar-refractivity contribution < 1.29 is 4.52 Å². The van der Waals surface area contributed by atoms with Crippen LogP contribution in [-0.4, -0.2) is 25.1 Å². The van der Waals surface area contributed by atoms with Gasteiger partial charge < -0.3 is 10.3 Å². The molecule has 0 amide bonds. The minimum Gasteiger partial charge on any atom is -0.332 e. The number of hydrogen-bond acceptors (Lipinski definition) is 6. The largest absolute Gasteiger partial charge is 0.332 e. The zero-order chi connectivity index (χ0) is 16.0. The number of hydrogen-bond donors (Lipinski definition) is 1. The molecule has 0 aliphatic heterocycles. The molecule has 1 aromatic carbocycles. The monoisotopic (exact) mass is 374 g/mol. The topological polar surface area (TPSA) is 95.7 Å². The summed E-state index contributed by atoms with van der Waals surface area (Å²) in [4.78, 5) is 4.43. The highest BCUT2D eigenvalue weighted by Crippen LogP contribution is 2.37. The molecule has 0 saturated heterocycles. The first-order valence-electron chi connectivity index (χ1n) is 7.38. The molecule has 0 bridgehead atoms. The fourth-order valence-corrected chi connectivity index (χ4v) is 3.07. The molecule has 3 aromatic rings. The summed E-state index contributed by atoms with van der Waals surface area (Å²) in [5, 5.41) is 12.4. The van der Waals surface area contributed by atoms with Crippen molar-refractivity contribution in [3.63, 3.8) is 0 Å². The third-order valence-corrected chi connectivity index (χ3v) is 4.76. The quantitative estimate of drug-likeness (QED) is 0.756. The van der Waals surface area contributed by atoms with E-state index in [9.17, 15) is 0 Å². The molecule has 1 saturated carbocycles. The SMILES string of the molecule is Cc1c(-c2nc(C3(N)CCC3)no2)nnn1-c1cccc(Br)c1. The van der Waals surface area contributed by atoms with Crippen molar-refractivity contribution in [3.05, 3.63) is 40.3 Å². The highest BCUT2D eigenvalue weighted by atomic mass is 79.9. The Morgan fingerprint density at radius 1 is 1.35 bits per heavy atom. The Balaban J connectivity index is 1.71. The van der Waals surface area contributed by atoms with Crippen LogP contribution in [0.1, 0.15) is 30.8 Å². The number of nitrogens with two attached hydrogens (primary N) is 1. The first kappa shape index (κ1) is 14.5. The predicted octanol–water partition coefficient (Wildman–Crippen LogP) is 2.73. The molecule has 1 aliphatic carbocycles. The van der Waals surface area contributed by atoms with Crippen molar-refractivity contribution in [3.8, 4) is 17.3 Å². The first-order chi connectivity index (χ1) is 11.1. The van der Waals surface area contributed by atoms with Gasteiger partial charge in [-0.15, -0.1) is 5.10 Å². The Labute approximate surface area is 141 Å². The van der Waals surface area contributed by atoms with Gasteiger partial charge in [0.2, 0.25) is 0 Å². The Kier molecular flexibility index (Phi) is 3.31. The number of rotatable bonds is 3. The van der Waals surface area contributed by atoms with Crippen LogP contribution >= 0.6 is 15.9 Å². The van der Waals surface area contributed by atoms with Crippen LogP contribution in [0.4, 0.5) is 0 Å². The Hall–Kier alpha value is -2.06. The van der Waals surface area contributed by atoms with E-state index in [4.69, 9.17) is 10.3 Å². The lowest BCUT2D eigenvalue weighted by Gasteiger charge is -2.34. The molecular formula is C15H15BrN6O. The van der Waals surface area contributed by atoms with E-state index >= 15 is 0 Å². The molecule has 8 heteroatoms. The van der Waals surface area contributed by atoms with E-state index in [1.165, 1.54) is 0 Å². The van der Waals surface area contributed by atoms with E-state index in [1.807, 2.05) is 31.2 Å². The zero-order valence-electron chi connectivity index (χ0n) is 12.5. The van der Waals surface area contributed by atoms with Crippen LogP contribution in [-0.2, 0) is 5.54 Å². The van der Waals surface area contributed by atoms with Crippen LogP contribution in [0, 0.1) is 6.92 Å². The van der Waals surface area contributed by atoms with Gasteiger partial charge in [0.15, 0.2) is 11.5 Å². The molecule has 1 fully saturated rings. The predicted molar refractivity (Wildman–Crippen MR) is 86.8 cm³/mol. The maximum absolute atomic E-state index is 6.24. The normalized spacial score (nSPS) is 16.3. The van der Waals surface area contributed by atoms with Gasteiger partial charge in [0.05, 0.1) is 16.9 Å². The number of benzene rings is 1. The summed E-state index contributed by atoms with van der Waals surface area (Å²) in [6.07, 6.45) is 2.86. The van der Waals surface area contributed by atoms with Crippen LogP contribution in [0.15, 0.2) is 33.3 Å². The van der Waals surface area contributed by atoms with Gasteiger partial charge in [-0.3, -0.25) is 0 Å². The van der Waals surface area contributed by atoms with Crippen molar-refractivity contribution in [1.82, 2.24) is 25.1 Å². The second kappa shape index (κ2) is 5.24. The summed E-state index contributed by atoms with van der Waals surface area (Å²) in [5.74, 6) is 0.908. The van der Waals surface area contributed by atoms with E-state index in [1.54, 1.807) is 4.68 Å². The molecule has 1 aliphatic rings. The fourth-order valence-electron chi connectivity index (χ4n) is 2.68. The summed E-state index contributed by atoms with van der Waals surface area (Å²) in [6, 6.07) is 7.83. The number of nitrogens with zero attached hydrogens (tertiary/aromatic N) is 5. The van der Waals surface area contributed by atoms with Gasteiger partial charge >= 0.3 is 0 Å². The van der Waals surface area contributed by atoms with E-state index in [2.05, 4.69) is 36.4 Å². The van der Waals surface area contributed by atoms with Crippen molar-refractivity contribution in [2.24, 2.45) is 5.73 Å². The van der Waals surface area contributed by atoms with Gasteiger partial charge in [0.25, 0.3) is 5.89 Å². The van der Waals surface area contributed by atoms with Gasteiger partial charge in [-0.2, -0.15) is 4.98 Å². The van der Waals surface area contributed by atoms with Crippen LogP contribution in [0.5, 0.6) is 0 Å². The molecule has 0 spiro atoms. The molecule has 0 radical (unpaired) electrons. The van der Waals surface area contributed by atoms with Crippen LogP contribution in [0.2, 0.25) is 0 Å². The first-order valence-corrected chi connectivity index (χ1v) is 8.18. The minimum absolute atomic E-state index is 0.357. The minimum atomic E-state index is -0.448. The van der Waals surface area contributed by atoms with Crippen LogP contribution < -0.4 is 5.73 Å². The maximum Gasteiger partial charge on any atom is 0.280 e. The van der Waals surface area contributed by atoms with E-state index < -0.39 is 5.54 Å². The molecule has 118 valence electrons. The number of halogens is 1. The summed E-state index contributed by atoms with van der Waals surface area (Å²) in [6.45, 7) is 1.92. The molecule has 7 nitrogen and oxygen atoms in total. The smallest absolute Gasteiger partial charge is 0.280 e. The zero-order valence-corrected chi connectivity index (χ0v) is 14.1. The van der Waals surface area contributed by atoms with Crippen LogP contribution in [0.3, 0.4) is 0 Å². The van der Waals surface area contributed by atoms with Crippen molar-refractivity contribution in [1.29, 1.82) is 0 Å². The lowest BCUT2D eigenvalue weighted by Crippen LogP contribution is -2.44. The lowest BCUT2D eigenvalue weighted by molar-refractivity contribution is 0.229. The highest BCUT2D eigenvalue weighted by molar-refractivity contribution is 9.10. The Morgan fingerprint density at radius 2 is 2.17 bits per heavy atom. The van der Waals surface area contributed by atoms with E-state index in [0.29, 0.717) is 17.4 Å². The molecule has 2 N–H and O–H groups in total. The molecule has 2 heterocycles. The summed E-state index contributed by atoms with van der Waals surface area (Å²) >= 11 is 3.46. The molecule has 0 unspecified atom stereocenters. The molecule has 4 rings (SSSR count). The van der Waals surface area contributed by atoms with Gasteiger partial charge in [-0.05, 0) is 44.4 Å². The number of aromatic nitrogens is 5. The standard InChI is InChI=1S/C15H15BrN6O/c1-9-12(13-18-14(20-23-13)15(17)6-3-7-15)19-21-22(9)11-5-2-4-10(16)8-11/h2,4-5,8H,3,6-7,17H2,1H3. The summed E-state index contributed by atoms with van der Waals surface area (Å²) in [7, 11) is 0. The van der Waals surface area contributed by atoms with Gasteiger partial charge in [0.1, 0.15) is 0 Å². The van der Waals surface area contributed by atoms with Gasteiger partial charge in [-0.1, -0.05) is 32.4 Å². The fraction of sp³-hybridized carbons (Fsp3) is 0.333.